The van der Waals surface area contributed by atoms with Crippen molar-refractivity contribution in [3.05, 3.63) is 93.5 Å². The number of benzene rings is 3. The third-order valence-electron chi connectivity index (χ3n) is 12.7. The first kappa shape index (κ1) is 39.2. The summed E-state index contributed by atoms with van der Waals surface area (Å²) in [5.41, 5.74) is 2.54. The first-order chi connectivity index (χ1) is 27.6. The van der Waals surface area contributed by atoms with Crippen LogP contribution in [0.5, 0.6) is 5.75 Å². The number of hydrogen-bond acceptors (Lipinski definition) is 9. The lowest BCUT2D eigenvalue weighted by Gasteiger charge is -2.63. The van der Waals surface area contributed by atoms with E-state index in [1.807, 2.05) is 30.3 Å². The summed E-state index contributed by atoms with van der Waals surface area (Å²) >= 11 is 6.24. The molecule has 13 heteroatoms. The summed E-state index contributed by atoms with van der Waals surface area (Å²) in [5, 5.41) is 15.0. The van der Waals surface area contributed by atoms with Crippen LogP contribution in [0.1, 0.15) is 95.6 Å². The van der Waals surface area contributed by atoms with Crippen LogP contribution in [0.4, 0.5) is 5.69 Å². The van der Waals surface area contributed by atoms with Gasteiger partial charge in [-0.3, -0.25) is 39.1 Å². The zero-order valence-corrected chi connectivity index (χ0v) is 33.7. The number of nitriles is 1. The Morgan fingerprint density at radius 2 is 1.59 bits per heavy atom. The predicted octanol–water partition coefficient (Wildman–Crippen LogP) is 5.18. The molecule has 0 spiro atoms. The van der Waals surface area contributed by atoms with Gasteiger partial charge in [-0.2, -0.15) is 5.26 Å². The maximum atomic E-state index is 13.4. The fourth-order valence-corrected chi connectivity index (χ4v) is 9.88. The smallest absolute Gasteiger partial charge is 0.262 e. The van der Waals surface area contributed by atoms with Crippen molar-refractivity contribution in [3.63, 3.8) is 0 Å². The van der Waals surface area contributed by atoms with E-state index in [0.29, 0.717) is 33.5 Å². The molecule has 0 aromatic heterocycles. The van der Waals surface area contributed by atoms with Crippen LogP contribution in [0.3, 0.4) is 0 Å². The number of nitrogens with zero attached hydrogens (tertiary/aromatic N) is 4. The molecule has 2 N–H and O–H groups in total. The molecule has 0 bridgehead atoms. The lowest BCUT2D eigenvalue weighted by Crippen LogP contribution is -2.74. The maximum Gasteiger partial charge on any atom is 0.262 e. The molecule has 58 heavy (non-hydrogen) atoms. The molecule has 12 nitrogen and oxygen atoms in total. The molecule has 3 aromatic rings. The Morgan fingerprint density at radius 3 is 2.24 bits per heavy atom. The average Bonchev–Trinajstić information content (AvgIpc) is 3.43. The van der Waals surface area contributed by atoms with Crippen LogP contribution in [0, 0.1) is 39.9 Å². The number of likely N-dealkylation sites (tertiary alicyclic amines) is 1. The number of hydrogen-bond donors (Lipinski definition) is 2. The predicted molar refractivity (Wildman–Crippen MR) is 216 cm³/mol. The van der Waals surface area contributed by atoms with Gasteiger partial charge in [0.25, 0.3) is 17.7 Å². The van der Waals surface area contributed by atoms with Gasteiger partial charge in [0.15, 0.2) is 0 Å². The first-order valence-electron chi connectivity index (χ1n) is 19.8. The molecule has 1 aliphatic carbocycles. The lowest BCUT2D eigenvalue weighted by atomic mass is 9.49. The van der Waals surface area contributed by atoms with E-state index in [4.69, 9.17) is 16.3 Å². The number of amides is 5. The zero-order chi connectivity index (χ0) is 41.1. The van der Waals surface area contributed by atoms with Crippen molar-refractivity contribution < 1.29 is 28.7 Å². The topological polar surface area (TPSA) is 152 Å². The van der Waals surface area contributed by atoms with Crippen molar-refractivity contribution in [1.29, 1.82) is 5.26 Å². The van der Waals surface area contributed by atoms with Gasteiger partial charge in [-0.1, -0.05) is 51.1 Å². The van der Waals surface area contributed by atoms with E-state index in [9.17, 15) is 29.2 Å². The van der Waals surface area contributed by atoms with Crippen molar-refractivity contribution in [2.45, 2.75) is 77.6 Å². The van der Waals surface area contributed by atoms with Crippen LogP contribution in [-0.4, -0.2) is 89.7 Å². The Hall–Kier alpha value is -5.69. The second kappa shape index (κ2) is 14.9. The van der Waals surface area contributed by atoms with Gasteiger partial charge in [0.05, 0.1) is 21.7 Å². The second-order valence-electron chi connectivity index (χ2n) is 17.2. The molecule has 1 atom stereocenters. The van der Waals surface area contributed by atoms with Crippen LogP contribution in [0.15, 0.2) is 60.7 Å². The van der Waals surface area contributed by atoms with Gasteiger partial charge in [0.1, 0.15) is 24.0 Å². The average molecular weight is 801 g/mol. The third kappa shape index (κ3) is 6.99. The van der Waals surface area contributed by atoms with Gasteiger partial charge >= 0.3 is 0 Å². The highest BCUT2D eigenvalue weighted by Gasteiger charge is 2.64. The molecule has 3 aromatic carbocycles. The molecule has 1 saturated carbocycles. The Kier molecular flexibility index (Phi) is 10.1. The number of fused-ring (bicyclic) bond motifs is 1. The van der Waals surface area contributed by atoms with Crippen LogP contribution >= 0.6 is 11.6 Å². The van der Waals surface area contributed by atoms with E-state index < -0.39 is 29.7 Å². The van der Waals surface area contributed by atoms with Crippen molar-refractivity contribution in [2.75, 3.05) is 31.1 Å². The van der Waals surface area contributed by atoms with E-state index in [1.165, 1.54) is 0 Å². The summed E-state index contributed by atoms with van der Waals surface area (Å²) in [6.07, 6.45) is 1.95. The van der Waals surface area contributed by atoms with Gasteiger partial charge in [-0.05, 0) is 86.9 Å². The summed E-state index contributed by atoms with van der Waals surface area (Å²) in [6, 6.07) is 19.1. The number of anilines is 1. The SMILES string of the molecule is CC1(C)[C@H](NC(=O)c2ccc(C#CC3CCN(C4CN(c5ccc6c(c5)C(=O)N(C5CCC(=O)NC5=O)C6=O)C4)CC3)cc2)C(C)(C)[C@H]1Oc1ccc(C#N)c(Cl)c1. The van der Waals surface area contributed by atoms with Crippen molar-refractivity contribution in [2.24, 2.45) is 16.7 Å². The molecule has 4 fully saturated rings. The van der Waals surface area contributed by atoms with E-state index in [2.05, 4.69) is 66.0 Å². The Bertz CT molecular complexity index is 2310. The number of ether oxygens (including phenoxy) is 1. The summed E-state index contributed by atoms with van der Waals surface area (Å²) in [4.78, 5) is 69.5. The Balaban J connectivity index is 0.799. The Morgan fingerprint density at radius 1 is 0.897 bits per heavy atom. The molecule has 5 amide bonds. The van der Waals surface area contributed by atoms with Crippen LogP contribution in [0.25, 0.3) is 0 Å². The number of imide groups is 2. The van der Waals surface area contributed by atoms with E-state index >= 15 is 0 Å². The molecule has 298 valence electrons. The standard InChI is InChI=1S/C45H45ClN6O6/c1-44(2)42(45(3,4)43(44)58-32-13-11-29(23-47)35(46)22-32)49-38(54)28-9-7-26(8-10-28)5-6-27-17-19-50(20-18-27)31-24-51(25-31)30-12-14-33-34(21-30)41(57)52(40(33)56)36-15-16-37(53)48-39(36)55/h7-14,21-22,27,31,36,42-43H,15-20,24-25H2,1-4H3,(H,49,54)(H,48,53,55)/t36?,42-,43-. The Labute approximate surface area is 342 Å². The normalized spacial score (nSPS) is 24.1. The number of piperidine rings is 2. The summed E-state index contributed by atoms with van der Waals surface area (Å²) < 4.78 is 6.36. The molecule has 8 rings (SSSR count). The number of carbonyl (C=O) groups excluding carboxylic acids is 5. The van der Waals surface area contributed by atoms with Crippen LogP contribution < -0.4 is 20.3 Å². The minimum atomic E-state index is -0.979. The van der Waals surface area contributed by atoms with Gasteiger partial charge in [-0.15, -0.1) is 0 Å². The van der Waals surface area contributed by atoms with E-state index in [-0.39, 0.29) is 53.2 Å². The van der Waals surface area contributed by atoms with Crippen molar-refractivity contribution in [3.8, 4) is 23.7 Å². The molecule has 3 saturated heterocycles. The van der Waals surface area contributed by atoms with Crippen molar-refractivity contribution >= 4 is 46.8 Å². The van der Waals surface area contributed by atoms with Crippen molar-refractivity contribution in [1.82, 2.24) is 20.4 Å². The second-order valence-corrected chi connectivity index (χ2v) is 17.6. The lowest BCUT2D eigenvalue weighted by molar-refractivity contribution is -0.164. The minimum absolute atomic E-state index is 0.0858. The molecule has 1 unspecified atom stereocenters. The number of nitrogens with one attached hydrogen (secondary N) is 2. The fraction of sp³-hybridized carbons (Fsp3) is 0.422. The largest absolute Gasteiger partial charge is 0.489 e. The zero-order valence-electron chi connectivity index (χ0n) is 32.9. The fourth-order valence-electron chi connectivity index (χ4n) is 9.66. The molecule has 5 aliphatic rings. The summed E-state index contributed by atoms with van der Waals surface area (Å²) in [5.74, 6) is 5.49. The van der Waals surface area contributed by atoms with Crippen LogP contribution in [-0.2, 0) is 9.59 Å². The van der Waals surface area contributed by atoms with Gasteiger partial charge in [0, 0.05) is 71.2 Å². The monoisotopic (exact) mass is 800 g/mol. The number of halogens is 1. The minimum Gasteiger partial charge on any atom is -0.489 e. The highest BCUT2D eigenvalue weighted by atomic mass is 35.5. The molecular formula is C45H45ClN6O6. The quantitative estimate of drug-likeness (QED) is 0.244. The van der Waals surface area contributed by atoms with E-state index in [0.717, 1.165) is 55.2 Å². The third-order valence-corrected chi connectivity index (χ3v) is 13.0. The van der Waals surface area contributed by atoms with Gasteiger partial charge in [0.2, 0.25) is 11.8 Å². The van der Waals surface area contributed by atoms with Gasteiger partial charge < -0.3 is 15.0 Å². The number of carbonyl (C=O) groups is 5. The summed E-state index contributed by atoms with van der Waals surface area (Å²) in [7, 11) is 0. The maximum absolute atomic E-state index is 13.4. The molecule has 0 radical (unpaired) electrons. The highest BCUT2D eigenvalue weighted by molar-refractivity contribution is 6.31. The first-order valence-corrected chi connectivity index (χ1v) is 20.2. The van der Waals surface area contributed by atoms with Crippen LogP contribution in [0.2, 0.25) is 5.02 Å². The van der Waals surface area contributed by atoms with Gasteiger partial charge in [-0.25, -0.2) is 0 Å². The van der Waals surface area contributed by atoms with E-state index in [1.54, 1.807) is 30.3 Å². The molecule has 4 heterocycles. The molecular weight excluding hydrogens is 756 g/mol. The molecule has 4 aliphatic heterocycles. The number of rotatable bonds is 7. The summed E-state index contributed by atoms with van der Waals surface area (Å²) in [6.45, 7) is 11.8. The highest BCUT2D eigenvalue weighted by Crippen LogP contribution is 2.55.